The van der Waals surface area contributed by atoms with Crippen molar-refractivity contribution in [2.75, 3.05) is 7.11 Å². The van der Waals surface area contributed by atoms with Crippen molar-refractivity contribution < 1.29 is 14.1 Å². The summed E-state index contributed by atoms with van der Waals surface area (Å²) < 4.78 is 10.5. The third-order valence-electron chi connectivity index (χ3n) is 3.39. The summed E-state index contributed by atoms with van der Waals surface area (Å²) in [6, 6.07) is 7.47. The molecule has 1 fully saturated rings. The summed E-state index contributed by atoms with van der Waals surface area (Å²) in [5.74, 6) is 1.54. The molecule has 0 aliphatic heterocycles. The standard InChI is InChI=1S/C14H14N2O3/c1-18-12-8-3-2-5-10(12)13-15-14(19-16-13)9-6-4-7-11(9)17/h2-3,5,8-9H,4,6-7H2,1H3. The van der Waals surface area contributed by atoms with Gasteiger partial charge in [-0.1, -0.05) is 17.3 Å². The fourth-order valence-electron chi connectivity index (χ4n) is 2.39. The van der Waals surface area contributed by atoms with Gasteiger partial charge in [0.15, 0.2) is 0 Å². The number of carbonyl (C=O) groups excluding carboxylic acids is 1. The van der Waals surface area contributed by atoms with Crippen molar-refractivity contribution >= 4 is 5.78 Å². The normalized spacial score (nSPS) is 18.8. The van der Waals surface area contributed by atoms with Crippen LogP contribution in [0, 0.1) is 0 Å². The maximum absolute atomic E-state index is 11.7. The maximum atomic E-state index is 11.7. The Morgan fingerprint density at radius 3 is 2.95 bits per heavy atom. The lowest BCUT2D eigenvalue weighted by Gasteiger charge is -2.03. The summed E-state index contributed by atoms with van der Waals surface area (Å²) in [6.45, 7) is 0. The third-order valence-corrected chi connectivity index (χ3v) is 3.39. The van der Waals surface area contributed by atoms with Crippen molar-refractivity contribution in [1.29, 1.82) is 0 Å². The molecule has 1 aliphatic rings. The average molecular weight is 258 g/mol. The first kappa shape index (κ1) is 11.9. The quantitative estimate of drug-likeness (QED) is 0.846. The van der Waals surface area contributed by atoms with Crippen LogP contribution in [0.5, 0.6) is 5.75 Å². The Balaban J connectivity index is 1.95. The van der Waals surface area contributed by atoms with Gasteiger partial charge in [0.1, 0.15) is 11.5 Å². The molecule has 3 rings (SSSR count). The van der Waals surface area contributed by atoms with Crippen molar-refractivity contribution in [2.24, 2.45) is 0 Å². The number of carbonyl (C=O) groups is 1. The second-order valence-electron chi connectivity index (χ2n) is 4.57. The molecular formula is C14H14N2O3. The van der Waals surface area contributed by atoms with E-state index in [1.165, 1.54) is 0 Å². The van der Waals surface area contributed by atoms with Crippen LogP contribution in [0.2, 0.25) is 0 Å². The molecule has 5 heteroatoms. The number of hydrogen-bond donors (Lipinski definition) is 0. The van der Waals surface area contributed by atoms with Gasteiger partial charge in [-0.2, -0.15) is 4.98 Å². The van der Waals surface area contributed by atoms with Crippen LogP contribution >= 0.6 is 0 Å². The lowest BCUT2D eigenvalue weighted by molar-refractivity contribution is -0.119. The number of hydrogen-bond acceptors (Lipinski definition) is 5. The number of methoxy groups -OCH3 is 1. The zero-order valence-corrected chi connectivity index (χ0v) is 10.6. The third kappa shape index (κ3) is 2.12. The van der Waals surface area contributed by atoms with Crippen molar-refractivity contribution in [3.63, 3.8) is 0 Å². The zero-order valence-electron chi connectivity index (χ0n) is 10.6. The Morgan fingerprint density at radius 2 is 2.21 bits per heavy atom. The molecule has 1 saturated carbocycles. The van der Waals surface area contributed by atoms with Crippen LogP contribution in [0.15, 0.2) is 28.8 Å². The molecule has 1 atom stereocenters. The van der Waals surface area contributed by atoms with E-state index in [4.69, 9.17) is 9.26 Å². The number of benzene rings is 1. The molecule has 5 nitrogen and oxygen atoms in total. The van der Waals surface area contributed by atoms with Gasteiger partial charge in [0.25, 0.3) is 0 Å². The number of nitrogens with zero attached hydrogens (tertiary/aromatic N) is 2. The van der Waals surface area contributed by atoms with Gasteiger partial charge < -0.3 is 9.26 Å². The summed E-state index contributed by atoms with van der Waals surface area (Å²) in [6.07, 6.45) is 2.30. The van der Waals surface area contributed by atoms with E-state index < -0.39 is 0 Å². The van der Waals surface area contributed by atoms with E-state index in [-0.39, 0.29) is 11.7 Å². The van der Waals surface area contributed by atoms with Crippen LogP contribution in [0.1, 0.15) is 31.1 Å². The Hall–Kier alpha value is -2.17. The molecule has 1 unspecified atom stereocenters. The van der Waals surface area contributed by atoms with E-state index in [0.29, 0.717) is 23.9 Å². The predicted octanol–water partition coefficient (Wildman–Crippen LogP) is 2.58. The molecule has 1 aliphatic carbocycles. The number of ether oxygens (including phenoxy) is 1. The highest BCUT2D eigenvalue weighted by atomic mass is 16.5. The molecule has 0 spiro atoms. The molecule has 0 amide bonds. The van der Waals surface area contributed by atoms with Gasteiger partial charge in [-0.3, -0.25) is 4.79 Å². The fraction of sp³-hybridized carbons (Fsp3) is 0.357. The van der Waals surface area contributed by atoms with Gasteiger partial charge in [-0.25, -0.2) is 0 Å². The van der Waals surface area contributed by atoms with Crippen LogP contribution in [0.4, 0.5) is 0 Å². The first-order valence-corrected chi connectivity index (χ1v) is 6.29. The average Bonchev–Trinajstić information content (AvgIpc) is 3.07. The fourth-order valence-corrected chi connectivity index (χ4v) is 2.39. The van der Waals surface area contributed by atoms with Gasteiger partial charge in [-0.15, -0.1) is 0 Å². The summed E-state index contributed by atoms with van der Waals surface area (Å²) in [7, 11) is 1.60. The second-order valence-corrected chi connectivity index (χ2v) is 4.57. The van der Waals surface area contributed by atoms with Crippen LogP contribution < -0.4 is 4.74 Å². The smallest absolute Gasteiger partial charge is 0.237 e. The van der Waals surface area contributed by atoms with Crippen molar-refractivity contribution in [2.45, 2.75) is 25.2 Å². The van der Waals surface area contributed by atoms with Gasteiger partial charge in [0.2, 0.25) is 11.7 Å². The first-order chi connectivity index (χ1) is 9.29. The Morgan fingerprint density at radius 1 is 1.37 bits per heavy atom. The first-order valence-electron chi connectivity index (χ1n) is 6.29. The second kappa shape index (κ2) is 4.84. The minimum Gasteiger partial charge on any atom is -0.496 e. The lowest BCUT2D eigenvalue weighted by Crippen LogP contribution is -2.04. The largest absolute Gasteiger partial charge is 0.496 e. The minimum atomic E-state index is -0.226. The molecule has 0 saturated heterocycles. The molecule has 0 bridgehead atoms. The van der Waals surface area contributed by atoms with Crippen molar-refractivity contribution in [1.82, 2.24) is 10.1 Å². The number of para-hydroxylation sites is 1. The number of ketones is 1. The van der Waals surface area contributed by atoms with E-state index >= 15 is 0 Å². The van der Waals surface area contributed by atoms with Gasteiger partial charge in [0, 0.05) is 6.42 Å². The van der Waals surface area contributed by atoms with E-state index in [1.54, 1.807) is 7.11 Å². The van der Waals surface area contributed by atoms with E-state index in [1.807, 2.05) is 24.3 Å². The predicted molar refractivity (Wildman–Crippen MR) is 67.9 cm³/mol. The lowest BCUT2D eigenvalue weighted by atomic mass is 10.1. The van der Waals surface area contributed by atoms with E-state index in [0.717, 1.165) is 18.4 Å². The molecule has 2 aromatic rings. The summed E-state index contributed by atoms with van der Waals surface area (Å²) in [5, 5.41) is 3.96. The molecule has 0 radical (unpaired) electrons. The highest BCUT2D eigenvalue weighted by Crippen LogP contribution is 2.33. The number of rotatable bonds is 3. The molecule has 1 aromatic carbocycles. The van der Waals surface area contributed by atoms with Crippen LogP contribution in [-0.2, 0) is 4.79 Å². The van der Waals surface area contributed by atoms with E-state index in [2.05, 4.69) is 10.1 Å². The Kier molecular flexibility index (Phi) is 3.03. The SMILES string of the molecule is COc1ccccc1-c1noc(C2CCCC2=O)n1. The van der Waals surface area contributed by atoms with Crippen LogP contribution in [0.25, 0.3) is 11.4 Å². The van der Waals surface area contributed by atoms with Gasteiger partial charge >= 0.3 is 0 Å². The topological polar surface area (TPSA) is 65.2 Å². The highest BCUT2D eigenvalue weighted by Gasteiger charge is 2.31. The van der Waals surface area contributed by atoms with Gasteiger partial charge in [-0.05, 0) is 25.0 Å². The summed E-state index contributed by atoms with van der Waals surface area (Å²) >= 11 is 0. The molecule has 1 heterocycles. The molecular weight excluding hydrogens is 244 g/mol. The van der Waals surface area contributed by atoms with Crippen LogP contribution in [0.3, 0.4) is 0 Å². The zero-order chi connectivity index (χ0) is 13.2. The Labute approximate surface area is 110 Å². The van der Waals surface area contributed by atoms with Crippen molar-refractivity contribution in [3.8, 4) is 17.1 Å². The number of Topliss-reactive ketones (excluding diaryl/α,β-unsaturated/α-hetero) is 1. The molecule has 98 valence electrons. The minimum absolute atomic E-state index is 0.190. The van der Waals surface area contributed by atoms with Crippen LogP contribution in [-0.4, -0.2) is 23.0 Å². The number of aromatic nitrogens is 2. The molecule has 1 aromatic heterocycles. The van der Waals surface area contributed by atoms with E-state index in [9.17, 15) is 4.79 Å². The van der Waals surface area contributed by atoms with Crippen molar-refractivity contribution in [3.05, 3.63) is 30.2 Å². The molecule has 19 heavy (non-hydrogen) atoms. The van der Waals surface area contributed by atoms with Gasteiger partial charge in [0.05, 0.1) is 18.6 Å². The highest BCUT2D eigenvalue weighted by molar-refractivity contribution is 5.86. The molecule has 0 N–H and O–H groups in total. The maximum Gasteiger partial charge on any atom is 0.237 e. The summed E-state index contributed by atoms with van der Waals surface area (Å²) in [5.41, 5.74) is 0.769. The summed E-state index contributed by atoms with van der Waals surface area (Å²) in [4.78, 5) is 16.0. The monoisotopic (exact) mass is 258 g/mol. The Bertz CT molecular complexity index is 606.